The third-order valence-corrected chi connectivity index (χ3v) is 4.99. The topological polar surface area (TPSA) is 76.5 Å². The first-order valence-electron chi connectivity index (χ1n) is 8.77. The summed E-state index contributed by atoms with van der Waals surface area (Å²) in [6, 6.07) is 5.83. The lowest BCUT2D eigenvalue weighted by Crippen LogP contribution is -2.38. The number of hydrogen-bond acceptors (Lipinski definition) is 4. The largest absolute Gasteiger partial charge is 0.372 e. The number of likely N-dealkylation sites (tertiary alicyclic amines) is 1. The summed E-state index contributed by atoms with van der Waals surface area (Å²) >= 11 is 0. The van der Waals surface area contributed by atoms with Crippen LogP contribution >= 0.6 is 0 Å². The van der Waals surface area contributed by atoms with Crippen LogP contribution in [0.5, 0.6) is 0 Å². The maximum atomic E-state index is 13.1. The Morgan fingerprint density at radius 2 is 2.11 bits per heavy atom. The van der Waals surface area contributed by atoms with Crippen molar-refractivity contribution in [2.75, 3.05) is 20.7 Å². The summed E-state index contributed by atoms with van der Waals surface area (Å²) in [7, 11) is 3.23. The van der Waals surface area contributed by atoms with Crippen molar-refractivity contribution in [3.63, 3.8) is 0 Å². The van der Waals surface area contributed by atoms with Crippen LogP contribution in [0.1, 0.15) is 24.9 Å². The molecule has 3 rings (SSSR count). The van der Waals surface area contributed by atoms with Crippen LogP contribution in [0.4, 0.5) is 4.39 Å². The molecule has 0 bridgehead atoms. The van der Waals surface area contributed by atoms with Crippen molar-refractivity contribution in [2.24, 2.45) is 5.92 Å². The molecule has 2 aromatic rings. The predicted molar refractivity (Wildman–Crippen MR) is 96.6 cm³/mol. The fourth-order valence-electron chi connectivity index (χ4n) is 3.34. The summed E-state index contributed by atoms with van der Waals surface area (Å²) in [5, 5.41) is 7.19. The lowest BCUT2D eigenvalue weighted by Gasteiger charge is -2.24. The molecule has 27 heavy (non-hydrogen) atoms. The normalized spacial score (nSPS) is 20.7. The van der Waals surface area contributed by atoms with E-state index in [1.165, 1.54) is 19.2 Å². The first-order chi connectivity index (χ1) is 12.9. The number of nitrogens with one attached hydrogen (secondary N) is 1. The number of ether oxygens (including phenoxy) is 1. The van der Waals surface area contributed by atoms with Crippen molar-refractivity contribution in [1.29, 1.82) is 0 Å². The second-order valence-corrected chi connectivity index (χ2v) is 6.73. The van der Waals surface area contributed by atoms with E-state index in [2.05, 4.69) is 10.4 Å². The van der Waals surface area contributed by atoms with E-state index in [1.54, 1.807) is 41.9 Å². The highest BCUT2D eigenvalue weighted by Crippen LogP contribution is 2.36. The number of benzene rings is 1. The highest BCUT2D eigenvalue weighted by Gasteiger charge is 2.39. The molecule has 3 atom stereocenters. The van der Waals surface area contributed by atoms with Gasteiger partial charge in [0.1, 0.15) is 11.9 Å². The second kappa shape index (κ2) is 7.87. The first-order valence-corrected chi connectivity index (χ1v) is 8.77. The highest BCUT2D eigenvalue weighted by atomic mass is 19.1. The average Bonchev–Trinajstić information content (AvgIpc) is 3.24. The Kier molecular flexibility index (Phi) is 5.55. The molecule has 0 unspecified atom stereocenters. The van der Waals surface area contributed by atoms with Crippen molar-refractivity contribution >= 4 is 11.8 Å². The molecule has 1 aromatic carbocycles. The Labute approximate surface area is 157 Å². The fraction of sp³-hybridized carbons (Fsp3) is 0.421. The fourth-order valence-corrected chi connectivity index (χ4v) is 3.34. The minimum atomic E-state index is -0.542. The van der Waals surface area contributed by atoms with Crippen LogP contribution in [0.25, 0.3) is 5.69 Å². The van der Waals surface area contributed by atoms with Crippen LogP contribution in [-0.2, 0) is 14.3 Å². The Morgan fingerprint density at radius 1 is 1.41 bits per heavy atom. The van der Waals surface area contributed by atoms with Crippen molar-refractivity contribution < 1.29 is 18.7 Å². The number of rotatable bonds is 6. The number of hydrogen-bond donors (Lipinski definition) is 1. The molecule has 0 radical (unpaired) electrons. The van der Waals surface area contributed by atoms with E-state index in [-0.39, 0.29) is 29.6 Å². The smallest absolute Gasteiger partial charge is 0.248 e. The molecule has 1 saturated heterocycles. The molecule has 1 aliphatic heterocycles. The quantitative estimate of drug-likeness (QED) is 0.835. The Hall–Kier alpha value is -2.74. The lowest BCUT2D eigenvalue weighted by atomic mass is 9.95. The summed E-state index contributed by atoms with van der Waals surface area (Å²) in [4.78, 5) is 25.9. The van der Waals surface area contributed by atoms with Crippen molar-refractivity contribution in [1.82, 2.24) is 20.0 Å². The van der Waals surface area contributed by atoms with E-state index in [1.807, 2.05) is 6.20 Å². The van der Waals surface area contributed by atoms with E-state index < -0.39 is 6.10 Å². The molecule has 1 N–H and O–H groups in total. The first kappa shape index (κ1) is 19.0. The number of halogens is 1. The number of amides is 2. The van der Waals surface area contributed by atoms with E-state index in [0.717, 1.165) is 11.3 Å². The Bertz CT molecular complexity index is 821. The van der Waals surface area contributed by atoms with Gasteiger partial charge in [-0.25, -0.2) is 9.07 Å². The van der Waals surface area contributed by atoms with Gasteiger partial charge in [0.25, 0.3) is 0 Å². The van der Waals surface area contributed by atoms with Gasteiger partial charge in [0.05, 0.1) is 17.9 Å². The summed E-state index contributed by atoms with van der Waals surface area (Å²) in [5.74, 6) is -0.566. The van der Waals surface area contributed by atoms with Crippen LogP contribution in [-0.4, -0.2) is 53.3 Å². The number of methoxy groups -OCH3 is 1. The minimum absolute atomic E-state index is 0.0218. The average molecular weight is 374 g/mol. The Morgan fingerprint density at radius 3 is 2.78 bits per heavy atom. The SMILES string of the molecule is CO[C@@H](C)C(=O)NC[C@@H]1CC(=O)N(C)[C@H]1c1cnn(-c2ccc(F)cc2)c1. The van der Waals surface area contributed by atoms with Crippen LogP contribution in [0.2, 0.25) is 0 Å². The van der Waals surface area contributed by atoms with E-state index >= 15 is 0 Å². The number of aromatic nitrogens is 2. The summed E-state index contributed by atoms with van der Waals surface area (Å²) in [5.41, 5.74) is 1.60. The highest BCUT2D eigenvalue weighted by molar-refractivity contribution is 5.81. The molecule has 144 valence electrons. The maximum absolute atomic E-state index is 13.1. The van der Waals surface area contributed by atoms with Crippen LogP contribution in [0.3, 0.4) is 0 Å². The zero-order valence-electron chi connectivity index (χ0n) is 15.6. The number of carbonyl (C=O) groups excluding carboxylic acids is 2. The molecule has 2 amide bonds. The van der Waals surface area contributed by atoms with Gasteiger partial charge in [-0.05, 0) is 31.2 Å². The Balaban J connectivity index is 1.77. The second-order valence-electron chi connectivity index (χ2n) is 6.73. The van der Waals surface area contributed by atoms with E-state index in [9.17, 15) is 14.0 Å². The lowest BCUT2D eigenvalue weighted by molar-refractivity contribution is -0.130. The molecule has 0 aliphatic carbocycles. The number of nitrogens with zero attached hydrogens (tertiary/aromatic N) is 3. The van der Waals surface area contributed by atoms with Gasteiger partial charge in [-0.3, -0.25) is 9.59 Å². The van der Waals surface area contributed by atoms with Gasteiger partial charge in [-0.2, -0.15) is 5.10 Å². The standard InChI is InChI=1S/C19H23FN4O3/c1-12(27-3)19(26)21-9-13-8-17(25)23(2)18(13)14-10-22-24(11-14)16-6-4-15(20)5-7-16/h4-7,10-13,18H,8-9H2,1-3H3,(H,21,26)/t12-,13-,18+/m0/s1. The zero-order valence-corrected chi connectivity index (χ0v) is 15.6. The number of carbonyl (C=O) groups is 2. The monoisotopic (exact) mass is 374 g/mol. The van der Waals surface area contributed by atoms with Gasteiger partial charge in [0.15, 0.2) is 0 Å². The third kappa shape index (κ3) is 4.00. The van der Waals surface area contributed by atoms with Gasteiger partial charge < -0.3 is 15.0 Å². The van der Waals surface area contributed by atoms with Gasteiger partial charge >= 0.3 is 0 Å². The van der Waals surface area contributed by atoms with Crippen molar-refractivity contribution in [3.8, 4) is 5.69 Å². The summed E-state index contributed by atoms with van der Waals surface area (Å²) < 4.78 is 19.8. The minimum Gasteiger partial charge on any atom is -0.372 e. The molecular formula is C19H23FN4O3. The van der Waals surface area contributed by atoms with Crippen molar-refractivity contribution in [2.45, 2.75) is 25.5 Å². The molecule has 0 saturated carbocycles. The third-order valence-electron chi connectivity index (χ3n) is 4.99. The molecule has 7 nitrogen and oxygen atoms in total. The van der Waals surface area contributed by atoms with E-state index in [0.29, 0.717) is 13.0 Å². The molecule has 0 spiro atoms. The van der Waals surface area contributed by atoms with Gasteiger partial charge in [-0.15, -0.1) is 0 Å². The maximum Gasteiger partial charge on any atom is 0.248 e. The molecule has 1 fully saturated rings. The molecule has 2 heterocycles. The van der Waals surface area contributed by atoms with Crippen molar-refractivity contribution in [3.05, 3.63) is 48.0 Å². The molecule has 1 aromatic heterocycles. The van der Waals surface area contributed by atoms with Gasteiger partial charge in [-0.1, -0.05) is 0 Å². The molecular weight excluding hydrogens is 351 g/mol. The van der Waals surface area contributed by atoms with Crippen LogP contribution < -0.4 is 5.32 Å². The molecule has 8 heteroatoms. The van der Waals surface area contributed by atoms with Gasteiger partial charge in [0, 0.05) is 44.8 Å². The molecule has 1 aliphatic rings. The zero-order chi connectivity index (χ0) is 19.6. The predicted octanol–water partition coefficient (Wildman–Crippen LogP) is 1.68. The van der Waals surface area contributed by atoms with Crippen LogP contribution in [0.15, 0.2) is 36.7 Å². The van der Waals surface area contributed by atoms with Gasteiger partial charge in [0.2, 0.25) is 11.8 Å². The summed E-state index contributed by atoms with van der Waals surface area (Å²) in [6.07, 6.45) is 3.35. The van der Waals surface area contributed by atoms with Crippen LogP contribution in [0, 0.1) is 11.7 Å². The van der Waals surface area contributed by atoms with E-state index in [4.69, 9.17) is 4.74 Å². The summed E-state index contributed by atoms with van der Waals surface area (Å²) in [6.45, 7) is 2.04.